The number of carbonyl (C=O) groups is 1. The number of nitrogens with one attached hydrogen (secondary N) is 1. The number of ether oxygens (including phenoxy) is 1. The molecule has 1 fully saturated rings. The fourth-order valence-electron chi connectivity index (χ4n) is 3.85. The molecular formula is C23H27N5O3. The number of amides is 1. The van der Waals surface area contributed by atoms with Crippen LogP contribution in [0.1, 0.15) is 25.8 Å². The van der Waals surface area contributed by atoms with Gasteiger partial charge in [-0.15, -0.1) is 0 Å². The number of anilines is 1. The lowest BCUT2D eigenvalue weighted by molar-refractivity contribution is -0.121. The first-order chi connectivity index (χ1) is 15.0. The highest BCUT2D eigenvalue weighted by atomic mass is 16.5. The molecule has 1 aromatic carbocycles. The van der Waals surface area contributed by atoms with E-state index in [-0.39, 0.29) is 36.6 Å². The third-order valence-electron chi connectivity index (χ3n) is 5.35. The minimum Gasteiger partial charge on any atom is -0.372 e. The Morgan fingerprint density at radius 1 is 1.13 bits per heavy atom. The first kappa shape index (κ1) is 21.0. The predicted octanol–water partition coefficient (Wildman–Crippen LogP) is 2.11. The number of rotatable bonds is 6. The average Bonchev–Trinajstić information content (AvgIpc) is 2.77. The number of hydrogen-bond donors (Lipinski definition) is 1. The third kappa shape index (κ3) is 5.08. The van der Waals surface area contributed by atoms with Crippen LogP contribution in [0.25, 0.3) is 10.9 Å². The maximum Gasteiger partial charge on any atom is 0.261 e. The van der Waals surface area contributed by atoms with Crippen LogP contribution >= 0.6 is 0 Å². The molecule has 1 saturated heterocycles. The van der Waals surface area contributed by atoms with E-state index in [0.29, 0.717) is 17.4 Å². The summed E-state index contributed by atoms with van der Waals surface area (Å²) in [7, 11) is 0. The number of aromatic nitrogens is 3. The molecule has 0 saturated carbocycles. The van der Waals surface area contributed by atoms with Crippen LogP contribution in [0.2, 0.25) is 0 Å². The maximum absolute atomic E-state index is 12.5. The largest absolute Gasteiger partial charge is 0.372 e. The first-order valence-corrected chi connectivity index (χ1v) is 10.6. The van der Waals surface area contributed by atoms with Gasteiger partial charge in [0.05, 0.1) is 29.4 Å². The summed E-state index contributed by atoms with van der Waals surface area (Å²) in [5, 5.41) is 3.45. The lowest BCUT2D eigenvalue weighted by atomic mass is 10.2. The Hall–Kier alpha value is -3.26. The van der Waals surface area contributed by atoms with Gasteiger partial charge in [-0.3, -0.25) is 14.2 Å². The van der Waals surface area contributed by atoms with E-state index >= 15 is 0 Å². The Morgan fingerprint density at radius 3 is 2.65 bits per heavy atom. The van der Waals surface area contributed by atoms with Gasteiger partial charge in [0.15, 0.2) is 0 Å². The summed E-state index contributed by atoms with van der Waals surface area (Å²) in [5.41, 5.74) is 1.45. The van der Waals surface area contributed by atoms with Crippen LogP contribution in [0.15, 0.2) is 53.7 Å². The molecule has 0 bridgehead atoms. The predicted molar refractivity (Wildman–Crippen MR) is 119 cm³/mol. The van der Waals surface area contributed by atoms with E-state index in [0.717, 1.165) is 24.5 Å². The molecule has 0 spiro atoms. The minimum atomic E-state index is -0.134. The molecule has 1 amide bonds. The van der Waals surface area contributed by atoms with E-state index in [2.05, 4.69) is 34.0 Å². The van der Waals surface area contributed by atoms with Gasteiger partial charge in [0.1, 0.15) is 5.82 Å². The lowest BCUT2D eigenvalue weighted by Gasteiger charge is -2.36. The van der Waals surface area contributed by atoms with Crippen LogP contribution in [0.3, 0.4) is 0 Å². The molecule has 4 rings (SSSR count). The molecular weight excluding hydrogens is 394 g/mol. The molecule has 2 unspecified atom stereocenters. The Morgan fingerprint density at radius 2 is 1.90 bits per heavy atom. The number of morpholine rings is 1. The molecule has 2 atom stereocenters. The molecule has 8 heteroatoms. The molecule has 1 aliphatic rings. The van der Waals surface area contributed by atoms with Crippen LogP contribution in [0.5, 0.6) is 0 Å². The van der Waals surface area contributed by atoms with Crippen molar-refractivity contribution < 1.29 is 9.53 Å². The molecule has 2 aromatic heterocycles. The Kier molecular flexibility index (Phi) is 6.27. The Labute approximate surface area is 180 Å². The topological polar surface area (TPSA) is 89.4 Å². The van der Waals surface area contributed by atoms with E-state index in [1.807, 2.05) is 24.3 Å². The molecule has 3 heterocycles. The molecule has 31 heavy (non-hydrogen) atoms. The zero-order valence-corrected chi connectivity index (χ0v) is 17.8. The average molecular weight is 422 g/mol. The van der Waals surface area contributed by atoms with Crippen LogP contribution in [-0.2, 0) is 22.6 Å². The Bertz CT molecular complexity index is 1100. The number of carbonyl (C=O) groups excluding carboxylic acids is 1. The molecule has 162 valence electrons. The number of nitrogens with zero attached hydrogens (tertiary/aromatic N) is 4. The van der Waals surface area contributed by atoms with Crippen molar-refractivity contribution in [1.29, 1.82) is 0 Å². The van der Waals surface area contributed by atoms with E-state index in [1.54, 1.807) is 18.3 Å². The summed E-state index contributed by atoms with van der Waals surface area (Å²) in [5.74, 6) is 0.792. The summed E-state index contributed by atoms with van der Waals surface area (Å²) < 4.78 is 7.24. The van der Waals surface area contributed by atoms with Gasteiger partial charge < -0.3 is 15.0 Å². The van der Waals surface area contributed by atoms with Crippen LogP contribution in [-0.4, -0.2) is 45.7 Å². The second-order valence-corrected chi connectivity index (χ2v) is 7.97. The number of hydrogen-bond acceptors (Lipinski definition) is 6. The molecule has 0 radical (unpaired) electrons. The van der Waals surface area contributed by atoms with Gasteiger partial charge in [0.25, 0.3) is 5.56 Å². The van der Waals surface area contributed by atoms with Crippen molar-refractivity contribution in [3.63, 3.8) is 0 Å². The number of aryl methyl sites for hydroxylation is 1. The zero-order valence-electron chi connectivity index (χ0n) is 17.8. The van der Waals surface area contributed by atoms with Crippen LogP contribution in [0.4, 0.5) is 5.82 Å². The van der Waals surface area contributed by atoms with Crippen molar-refractivity contribution in [1.82, 2.24) is 19.9 Å². The highest BCUT2D eigenvalue weighted by Gasteiger charge is 2.22. The van der Waals surface area contributed by atoms with Gasteiger partial charge in [-0.1, -0.05) is 18.2 Å². The highest BCUT2D eigenvalue weighted by molar-refractivity contribution is 5.77. The normalized spacial score (nSPS) is 18.8. The number of pyridine rings is 1. The van der Waals surface area contributed by atoms with Gasteiger partial charge in [-0.05, 0) is 37.6 Å². The van der Waals surface area contributed by atoms with Crippen LogP contribution < -0.4 is 15.8 Å². The molecule has 3 aromatic rings. The number of fused-ring (bicyclic) bond motifs is 1. The summed E-state index contributed by atoms with van der Waals surface area (Å²) in [6.07, 6.45) is 3.84. The van der Waals surface area contributed by atoms with Crippen molar-refractivity contribution >= 4 is 22.6 Å². The van der Waals surface area contributed by atoms with Crippen molar-refractivity contribution in [2.75, 3.05) is 18.0 Å². The monoisotopic (exact) mass is 421 g/mol. The van der Waals surface area contributed by atoms with Crippen molar-refractivity contribution in [3.05, 3.63) is 64.8 Å². The fraction of sp³-hybridized carbons (Fsp3) is 0.391. The molecule has 0 aliphatic carbocycles. The van der Waals surface area contributed by atoms with Gasteiger partial charge >= 0.3 is 0 Å². The first-order valence-electron chi connectivity index (χ1n) is 10.6. The van der Waals surface area contributed by atoms with Crippen molar-refractivity contribution in [3.8, 4) is 0 Å². The molecule has 1 N–H and O–H groups in total. The van der Waals surface area contributed by atoms with E-state index in [1.165, 1.54) is 10.9 Å². The van der Waals surface area contributed by atoms with Gasteiger partial charge in [0, 0.05) is 38.8 Å². The summed E-state index contributed by atoms with van der Waals surface area (Å²) in [4.78, 5) is 35.8. The zero-order chi connectivity index (χ0) is 21.8. The second-order valence-electron chi connectivity index (χ2n) is 7.97. The second kappa shape index (κ2) is 9.26. The summed E-state index contributed by atoms with van der Waals surface area (Å²) in [6, 6.07) is 11.2. The third-order valence-corrected chi connectivity index (χ3v) is 5.35. The highest BCUT2D eigenvalue weighted by Crippen LogP contribution is 2.18. The fourth-order valence-corrected chi connectivity index (χ4v) is 3.85. The lowest BCUT2D eigenvalue weighted by Crippen LogP contribution is -2.45. The number of benzene rings is 1. The van der Waals surface area contributed by atoms with Gasteiger partial charge in [-0.25, -0.2) is 9.97 Å². The number of para-hydroxylation sites is 1. The van der Waals surface area contributed by atoms with E-state index in [4.69, 9.17) is 4.74 Å². The Balaban J connectivity index is 1.29. The standard InChI is InChI=1S/C23H27N5O3/c1-16-13-28(14-17(2)31-16)21-8-7-18(11-24-21)12-25-22(29)9-10-27-15-26-20-6-4-3-5-19(20)23(27)30/h3-8,11,15-17H,9-10,12-14H2,1-2H3,(H,25,29). The van der Waals surface area contributed by atoms with Gasteiger partial charge in [0.2, 0.25) is 5.91 Å². The summed E-state index contributed by atoms with van der Waals surface area (Å²) in [6.45, 7) is 6.44. The maximum atomic E-state index is 12.5. The van der Waals surface area contributed by atoms with E-state index < -0.39 is 0 Å². The van der Waals surface area contributed by atoms with Gasteiger partial charge in [-0.2, -0.15) is 0 Å². The molecule has 8 nitrogen and oxygen atoms in total. The smallest absolute Gasteiger partial charge is 0.261 e. The van der Waals surface area contributed by atoms with Crippen molar-refractivity contribution in [2.45, 2.75) is 45.6 Å². The SMILES string of the molecule is CC1CN(c2ccc(CNC(=O)CCn3cnc4ccccc4c3=O)cn2)CC(C)O1. The molecule has 1 aliphatic heterocycles. The minimum absolute atomic E-state index is 0.125. The van der Waals surface area contributed by atoms with E-state index in [9.17, 15) is 9.59 Å². The summed E-state index contributed by atoms with van der Waals surface area (Å²) >= 11 is 0. The van der Waals surface area contributed by atoms with Crippen molar-refractivity contribution in [2.24, 2.45) is 0 Å². The van der Waals surface area contributed by atoms with Crippen LogP contribution in [0, 0.1) is 0 Å². The quantitative estimate of drug-likeness (QED) is 0.656.